The van der Waals surface area contributed by atoms with Crippen LogP contribution in [0.5, 0.6) is 5.75 Å². The summed E-state index contributed by atoms with van der Waals surface area (Å²) in [5, 5.41) is 0.0572. The van der Waals surface area contributed by atoms with Crippen LogP contribution in [0.4, 0.5) is 4.39 Å². The number of benzene rings is 1. The lowest BCUT2D eigenvalue weighted by Gasteiger charge is -2.15. The SMILES string of the molecule is CC.CN(C)S(=O)(=O)NC(=O)c1cc(Cl)c(OCC2CCCC2)cc1F. The van der Waals surface area contributed by atoms with E-state index < -0.39 is 27.5 Å². The number of hydrogen-bond acceptors (Lipinski definition) is 4. The molecule has 0 spiro atoms. The Balaban J connectivity index is 0.00000163. The third-order valence-corrected chi connectivity index (χ3v) is 5.62. The van der Waals surface area contributed by atoms with Crippen LogP contribution in [-0.4, -0.2) is 39.3 Å². The molecule has 0 heterocycles. The summed E-state index contributed by atoms with van der Waals surface area (Å²) in [6.07, 6.45) is 4.47. The molecule has 6 nitrogen and oxygen atoms in total. The fraction of sp³-hybridized carbons (Fsp3) is 0.588. The zero-order valence-corrected chi connectivity index (χ0v) is 17.1. The van der Waals surface area contributed by atoms with Gasteiger partial charge in [-0.1, -0.05) is 38.3 Å². The molecule has 2 rings (SSSR count). The lowest BCUT2D eigenvalue weighted by Crippen LogP contribution is -2.39. The molecule has 26 heavy (non-hydrogen) atoms. The van der Waals surface area contributed by atoms with Crippen LogP contribution in [0.15, 0.2) is 12.1 Å². The van der Waals surface area contributed by atoms with Gasteiger partial charge in [0.1, 0.15) is 11.6 Å². The molecule has 148 valence electrons. The molecule has 1 aromatic rings. The van der Waals surface area contributed by atoms with Gasteiger partial charge in [-0.3, -0.25) is 4.79 Å². The average molecular weight is 409 g/mol. The fourth-order valence-electron chi connectivity index (χ4n) is 2.46. The minimum atomic E-state index is -4.01. The van der Waals surface area contributed by atoms with Gasteiger partial charge in [0.05, 0.1) is 17.2 Å². The maximum absolute atomic E-state index is 14.1. The van der Waals surface area contributed by atoms with Gasteiger partial charge < -0.3 is 4.74 Å². The maximum atomic E-state index is 14.1. The molecule has 0 saturated heterocycles. The summed E-state index contributed by atoms with van der Waals surface area (Å²) >= 11 is 6.03. The Bertz CT molecular complexity index is 720. The monoisotopic (exact) mass is 408 g/mol. The highest BCUT2D eigenvalue weighted by Crippen LogP contribution is 2.30. The Morgan fingerprint density at radius 2 is 1.88 bits per heavy atom. The van der Waals surface area contributed by atoms with Crippen molar-refractivity contribution in [1.82, 2.24) is 9.03 Å². The van der Waals surface area contributed by atoms with Crippen LogP contribution < -0.4 is 9.46 Å². The molecule has 1 saturated carbocycles. The van der Waals surface area contributed by atoms with Gasteiger partial charge in [-0.25, -0.2) is 9.11 Å². The van der Waals surface area contributed by atoms with E-state index in [4.69, 9.17) is 16.3 Å². The van der Waals surface area contributed by atoms with Crippen LogP contribution in [0.3, 0.4) is 0 Å². The number of nitrogens with zero attached hydrogens (tertiary/aromatic N) is 1. The third kappa shape index (κ3) is 6.10. The highest BCUT2D eigenvalue weighted by Gasteiger charge is 2.23. The minimum Gasteiger partial charge on any atom is -0.492 e. The largest absolute Gasteiger partial charge is 0.492 e. The van der Waals surface area contributed by atoms with Crippen molar-refractivity contribution in [2.75, 3.05) is 20.7 Å². The maximum Gasteiger partial charge on any atom is 0.303 e. The van der Waals surface area contributed by atoms with Gasteiger partial charge in [-0.15, -0.1) is 0 Å². The quantitative estimate of drug-likeness (QED) is 0.780. The zero-order chi connectivity index (χ0) is 19.9. The van der Waals surface area contributed by atoms with E-state index in [-0.39, 0.29) is 10.8 Å². The lowest BCUT2D eigenvalue weighted by atomic mass is 10.1. The molecule has 0 radical (unpaired) electrons. The molecule has 0 atom stereocenters. The lowest BCUT2D eigenvalue weighted by molar-refractivity contribution is 0.0975. The van der Waals surface area contributed by atoms with Gasteiger partial charge >= 0.3 is 10.2 Å². The Labute approximate surface area is 159 Å². The number of carbonyl (C=O) groups excluding carboxylic acids is 1. The van der Waals surface area contributed by atoms with E-state index in [1.54, 1.807) is 4.72 Å². The Hall–Kier alpha value is -1.38. The highest BCUT2D eigenvalue weighted by molar-refractivity contribution is 7.87. The molecule has 0 aromatic heterocycles. The normalized spacial score (nSPS) is 14.7. The Morgan fingerprint density at radius 1 is 1.31 bits per heavy atom. The van der Waals surface area contributed by atoms with Crippen molar-refractivity contribution in [3.05, 3.63) is 28.5 Å². The van der Waals surface area contributed by atoms with Crippen LogP contribution in [0, 0.1) is 11.7 Å². The standard InChI is InChI=1S/C15H20ClFN2O4S.C2H6/c1-19(2)24(21,22)18-15(20)11-7-12(16)14(8-13(11)17)23-9-10-5-3-4-6-10;1-2/h7-8,10H,3-6,9H2,1-2H3,(H,18,20);1-2H3. The van der Waals surface area contributed by atoms with E-state index >= 15 is 0 Å². The van der Waals surface area contributed by atoms with Crippen LogP contribution >= 0.6 is 11.6 Å². The van der Waals surface area contributed by atoms with E-state index in [1.807, 2.05) is 13.8 Å². The summed E-state index contributed by atoms with van der Waals surface area (Å²) in [5.74, 6) is -1.41. The van der Waals surface area contributed by atoms with E-state index in [2.05, 4.69) is 0 Å². The molecule has 1 N–H and O–H groups in total. The first-order valence-electron chi connectivity index (χ1n) is 8.57. The van der Waals surface area contributed by atoms with Crippen LogP contribution in [0.2, 0.25) is 5.02 Å². The Kier molecular flexibility index (Phi) is 8.79. The molecular weight excluding hydrogens is 383 g/mol. The second-order valence-electron chi connectivity index (χ2n) is 5.94. The molecule has 9 heteroatoms. The van der Waals surface area contributed by atoms with Crippen molar-refractivity contribution in [1.29, 1.82) is 0 Å². The summed E-state index contributed by atoms with van der Waals surface area (Å²) in [5.41, 5.74) is -0.460. The summed E-state index contributed by atoms with van der Waals surface area (Å²) in [7, 11) is -1.52. The molecule has 1 aliphatic rings. The van der Waals surface area contributed by atoms with Crippen molar-refractivity contribution in [2.24, 2.45) is 5.92 Å². The zero-order valence-electron chi connectivity index (χ0n) is 15.5. The highest BCUT2D eigenvalue weighted by atomic mass is 35.5. The number of halogens is 2. The first kappa shape index (κ1) is 22.7. The number of amides is 1. The minimum absolute atomic E-state index is 0.0572. The second kappa shape index (κ2) is 10.1. The van der Waals surface area contributed by atoms with E-state index in [1.165, 1.54) is 14.1 Å². The number of hydrogen-bond donors (Lipinski definition) is 1. The fourth-order valence-corrected chi connectivity index (χ4v) is 3.21. The average Bonchev–Trinajstić information content (AvgIpc) is 3.10. The van der Waals surface area contributed by atoms with Gasteiger partial charge in [0.2, 0.25) is 0 Å². The van der Waals surface area contributed by atoms with Crippen molar-refractivity contribution < 1.29 is 22.3 Å². The van der Waals surface area contributed by atoms with Crippen molar-refractivity contribution >= 4 is 27.7 Å². The molecule has 1 aromatic carbocycles. The van der Waals surface area contributed by atoms with Gasteiger partial charge in [0.15, 0.2) is 0 Å². The number of carbonyl (C=O) groups is 1. The smallest absolute Gasteiger partial charge is 0.303 e. The molecule has 1 amide bonds. The summed E-state index contributed by atoms with van der Waals surface area (Å²) in [6.45, 7) is 4.44. The van der Waals surface area contributed by atoms with E-state index in [9.17, 15) is 17.6 Å². The van der Waals surface area contributed by atoms with E-state index in [0.29, 0.717) is 12.5 Å². The summed E-state index contributed by atoms with van der Waals surface area (Å²) in [4.78, 5) is 12.0. The van der Waals surface area contributed by atoms with Gasteiger partial charge in [-0.05, 0) is 24.8 Å². The van der Waals surface area contributed by atoms with Gasteiger partial charge in [-0.2, -0.15) is 12.7 Å². The first-order chi connectivity index (χ1) is 12.2. The van der Waals surface area contributed by atoms with Gasteiger partial charge in [0, 0.05) is 20.2 Å². The van der Waals surface area contributed by atoms with Crippen molar-refractivity contribution in [2.45, 2.75) is 39.5 Å². The number of rotatable bonds is 6. The second-order valence-corrected chi connectivity index (χ2v) is 8.23. The number of nitrogens with one attached hydrogen (secondary N) is 1. The summed E-state index contributed by atoms with van der Waals surface area (Å²) < 4.78 is 45.5. The van der Waals surface area contributed by atoms with Crippen LogP contribution in [0.25, 0.3) is 0 Å². The topological polar surface area (TPSA) is 75.7 Å². The Morgan fingerprint density at radius 3 is 2.42 bits per heavy atom. The molecule has 0 unspecified atom stereocenters. The van der Waals surface area contributed by atoms with E-state index in [0.717, 1.165) is 42.1 Å². The molecule has 0 bridgehead atoms. The van der Waals surface area contributed by atoms with Crippen LogP contribution in [0.1, 0.15) is 49.9 Å². The predicted molar refractivity (Wildman–Crippen MR) is 100 cm³/mol. The predicted octanol–water partition coefficient (Wildman–Crippen LogP) is 3.61. The molecule has 1 fully saturated rings. The third-order valence-electron chi connectivity index (χ3n) is 3.92. The van der Waals surface area contributed by atoms with Gasteiger partial charge in [0.25, 0.3) is 5.91 Å². The summed E-state index contributed by atoms with van der Waals surface area (Å²) in [6, 6.07) is 2.08. The van der Waals surface area contributed by atoms with Crippen molar-refractivity contribution in [3.8, 4) is 5.75 Å². The molecule has 0 aliphatic heterocycles. The molecular formula is C17H26ClFN2O4S. The van der Waals surface area contributed by atoms with Crippen molar-refractivity contribution in [3.63, 3.8) is 0 Å². The molecule has 1 aliphatic carbocycles. The number of ether oxygens (including phenoxy) is 1. The first-order valence-corrected chi connectivity index (χ1v) is 10.4. The van der Waals surface area contributed by atoms with Crippen LogP contribution in [-0.2, 0) is 10.2 Å².